The summed E-state index contributed by atoms with van der Waals surface area (Å²) in [6, 6.07) is 0. The average Bonchev–Trinajstić information content (AvgIpc) is 1.00. The fourth-order valence-corrected chi connectivity index (χ4v) is 0. The molecule has 0 unspecified atom stereocenters. The van der Waals surface area contributed by atoms with Crippen molar-refractivity contribution in [3.05, 3.63) is 0 Å². The molecule has 0 spiro atoms. The van der Waals surface area contributed by atoms with Gasteiger partial charge in [-0.25, -0.2) is 0 Å². The van der Waals surface area contributed by atoms with Crippen LogP contribution in [0, 0.1) is 0 Å². The number of hydrogen-bond donors (Lipinski definition) is 0. The molecular weight excluding hydrogens is 1920 g/mol. The lowest BCUT2D eigenvalue weighted by molar-refractivity contribution is 2.50. The second-order valence-corrected chi connectivity index (χ2v) is 0. The quantitative estimate of drug-likeness (QED) is 0.212. The van der Waals surface area contributed by atoms with E-state index in [0.717, 1.165) is 0 Å². The molecule has 0 N–H and O–H groups in total. The van der Waals surface area contributed by atoms with Crippen molar-refractivity contribution in [2.45, 2.75) is 1110 Å². The highest BCUT2D eigenvalue weighted by Crippen LogP contribution is 0.886. The van der Waals surface area contributed by atoms with E-state index in [4.69, 9.17) is 0.594 Å². The van der Waals surface area contributed by atoms with Crippen LogP contribution in [0.15, 0.2) is 0 Å². The van der Waals surface area contributed by atoms with Crippen molar-refractivity contribution in [2.75, 3.05) is 0 Å². The number of rotatable bonds is 0. The molecule has 0 bridgehead atoms. The minimum Gasteiger partial charge on any atom is -0.107 e. The Balaban J connectivity index is -0.000000000000453. The van der Waals surface area contributed by atoms with Gasteiger partial charge in [0.2, 0.25) is 0 Å². The zero-order valence-corrected chi connectivity index (χ0v) is 2.54. The highest BCUT2D eigenvalue weighted by atomic mass is 127. The lowest BCUT2D eigenvalue weighted by Crippen LogP contribution is 0.143. The molecule has 0 heterocycles. The van der Waals surface area contributed by atoms with E-state index in [1.165, 1.54) is 23.8 Å². The molecule has 0 rings (SSSR count). The summed E-state index contributed by atoms with van der Waals surface area (Å²) in [5, 5.41) is 0. The molecule has 0 saturated heterocycles. The Kier molecular flexibility index (Phi) is 46800000000. The molecule has 0 atom stereocenters. The van der Waals surface area contributed by atoms with Gasteiger partial charge >= 0.3 is 0 Å². The van der Waals surface area contributed by atoms with Crippen LogP contribution in [0.2, 0.25) is 0 Å². The second kappa shape index (κ2) is 6220000. The summed E-state index contributed by atoms with van der Waals surface area (Å²) < 4.78 is 5.72. The summed E-state index contributed by atoms with van der Waals surface area (Å²) in [5.41, 5.74) is 0. The van der Waals surface area contributed by atoms with E-state index >= 15 is 0 Å². The van der Waals surface area contributed by atoms with Crippen LogP contribution in [0.1, 0.15) is 1110 Å². The average molecular weight is 2520 g/mol. The Labute approximate surface area is 1120 Å². The van der Waals surface area contributed by atoms with Gasteiger partial charge in [-0.2, -0.15) is 0 Å². The smallest absolute Gasteiger partial charge is 0.107 e. The maximum Gasteiger partial charge on any atom is 0.107 e. The minimum absolute atomic E-state index is 0. The fourth-order valence-electron chi connectivity index (χ4n) is 0. The summed E-state index contributed by atoms with van der Waals surface area (Å²) in [4.78, 5) is 0. The molecule has 150 heavy (non-hydrogen) atoms. The van der Waals surface area contributed by atoms with Crippen LogP contribution in [-0.2, 0) is 0 Å². The van der Waals surface area contributed by atoms with Crippen molar-refractivity contribution < 1.29 is 0 Å². The third kappa shape index (κ3) is 6090000. The van der Waals surface area contributed by atoms with Gasteiger partial charge in [0, 0.05) is 0 Å². The Hall–Kier alpha value is 0.730. The highest BCUT2D eigenvalue weighted by molar-refractivity contribution is 14.0. The molecule has 0 aromatic rings. The first-order chi connectivity index (χ1) is 1.00. The van der Waals surface area contributed by atoms with Crippen molar-refractivity contribution in [1.29, 1.82) is 0.594 Å². The molecule has 0 amide bonds. The summed E-state index contributed by atoms with van der Waals surface area (Å²) in [5.74, 6) is 0. The predicted octanol–water partition coefficient (Wildman–Crippen LogP) is 95.4. The van der Waals surface area contributed by atoms with Gasteiger partial charge in [-0.1, -0.05) is 1110 Å². The van der Waals surface area contributed by atoms with E-state index in [1.54, 1.807) is 0 Å². The standard InChI is InChI=1S/149CH4.HI/h149*1H4;1H/i/hD. The third-order valence-electron chi connectivity index (χ3n) is 0. The van der Waals surface area contributed by atoms with Gasteiger partial charge in [0.25, 0.3) is 0 Å². The Bertz CT molecular complexity index is 17.3. The van der Waals surface area contributed by atoms with E-state index in [0.29, 0.717) is 0 Å². The first-order valence-electron chi connectivity index (χ1n) is 0.378. The fraction of sp³-hybridized carbons (Fsp3) is 1.00. The zero-order valence-electron chi connectivity index (χ0n) is 1.38. The van der Waals surface area contributed by atoms with Gasteiger partial charge in [0.15, 0.2) is 0 Å². The molecule has 0 aliphatic heterocycles. The van der Waals surface area contributed by atoms with Crippen LogP contribution in [0.5, 0.6) is 0 Å². The van der Waals surface area contributed by atoms with Gasteiger partial charge in [-0.15, -0.1) is 23.8 Å². The van der Waals surface area contributed by atoms with Gasteiger partial charge in [0.1, 0.15) is 0.594 Å². The first kappa shape index (κ1) is 1130000. The van der Waals surface area contributed by atoms with Crippen LogP contribution in [-0.4, -0.2) is 0.594 Å². The normalized spacial score (nSPS) is 0.0467. The van der Waals surface area contributed by atoms with Crippen molar-refractivity contribution in [3.63, 3.8) is 0 Å². The number of halogens is 1. The third-order valence-corrected chi connectivity index (χ3v) is 0. The minimum atomic E-state index is 0. The molecule has 1200 valence electrons. The van der Waals surface area contributed by atoms with E-state index < -0.39 is 0 Å². The maximum absolute atomic E-state index is 5.72. The van der Waals surface area contributed by atoms with Crippen LogP contribution in [0.3, 0.4) is 0 Å². The summed E-state index contributed by atoms with van der Waals surface area (Å²) >= 11 is 1.40. The zero-order chi connectivity index (χ0) is 2.00. The summed E-state index contributed by atoms with van der Waals surface area (Å²) in [7, 11) is 0. The van der Waals surface area contributed by atoms with Crippen LogP contribution < -0.4 is 0 Å². The SMILES string of the molecule is C.C.C.C.C.C.C.C.C.C.C.C.C.C.C.C.C.C.C.C.C.C.C.C.C.C.C.C.C.C.C.C.C.C.C.C.C.C.C.C.C.C.C.C.C.C.C.C.C.C.C.C.C.C.C.C.C.C.C.C.C.C.C.C.C.C.C.C.C.C.C.C.C.C.C.C.C.C.C.C.C.C.C.C.C.C.C.C.C.C.C.C.C.C.C.C.C.C.C.C.C.C.C.C.C.C.C.C.C.C.C.C.C.C.C.C.C.C.C.C.C.C.C.C.C.C.C.C.C.C.C.C.C.C.C.C.C.C.C.C.C.C.C.C.C.C.C.C.C.[2H]I. The van der Waals surface area contributed by atoms with E-state index in [2.05, 4.69) is 0 Å². The van der Waals surface area contributed by atoms with Gasteiger partial charge in [-0.05, 0) is 0 Å². The van der Waals surface area contributed by atoms with E-state index in [-0.39, 0.29) is 1110 Å². The lowest BCUT2D eigenvalue weighted by atomic mass is 12.0. The largest absolute Gasteiger partial charge is 0.107 e. The van der Waals surface area contributed by atoms with Crippen molar-refractivity contribution in [1.82, 2.24) is 0 Å². The Morgan fingerprint density at radius 3 is 0.0267 bits per heavy atom. The summed E-state index contributed by atoms with van der Waals surface area (Å²) in [6.07, 6.45) is 0. The molecule has 0 aliphatic carbocycles. The monoisotopic (exact) mass is 2520 g/mol. The Morgan fingerprint density at radius 2 is 0.0267 bits per heavy atom. The first-order valence-corrected chi connectivity index (χ1v) is 0. The van der Waals surface area contributed by atoms with Crippen molar-refractivity contribution in [2.24, 2.45) is 0 Å². The number of hydrogen-bond acceptors (Lipinski definition) is 0. The van der Waals surface area contributed by atoms with Crippen LogP contribution in [0.25, 0.3) is 0 Å². The molecule has 0 radical (unpaired) electrons. The van der Waals surface area contributed by atoms with E-state index in [9.17, 15) is 0 Å². The second-order valence-electron chi connectivity index (χ2n) is 0. The van der Waals surface area contributed by atoms with Crippen LogP contribution in [0.4, 0.5) is 0 Å². The summed E-state index contributed by atoms with van der Waals surface area (Å²) in [6.45, 7) is 0. The molecule has 0 aromatic carbocycles. The highest BCUT2D eigenvalue weighted by Gasteiger charge is 0.0713. The molecule has 0 aliphatic rings. The van der Waals surface area contributed by atoms with Crippen molar-refractivity contribution >= 4 is 23.8 Å². The Morgan fingerprint density at radius 1 is 0.0267 bits per heavy atom. The van der Waals surface area contributed by atoms with Crippen LogP contribution >= 0.6 is 23.8 Å². The molecule has 0 aromatic heterocycles. The van der Waals surface area contributed by atoms with Gasteiger partial charge < -0.3 is 0 Å². The molecular formula is C149H597I. The maximum atomic E-state index is 5.72. The van der Waals surface area contributed by atoms with Gasteiger partial charge in [0.05, 0.1) is 0 Å². The molecule has 0 nitrogen and oxygen atoms in total. The van der Waals surface area contributed by atoms with E-state index in [1.807, 2.05) is 0 Å². The van der Waals surface area contributed by atoms with Crippen molar-refractivity contribution in [3.8, 4) is 0 Å². The lowest BCUT2D eigenvalue weighted by Gasteiger charge is -0.108. The molecule has 0 fully saturated rings. The molecule has 0 saturated carbocycles. The predicted molar refractivity (Wildman–Crippen MR) is 1020 cm³/mol. The molecule has 1 heteroatoms. The van der Waals surface area contributed by atoms with Gasteiger partial charge in [-0.3, -0.25) is 0 Å². The topological polar surface area (TPSA) is 0 Å².